The molecule has 114 valence electrons. The molecule has 6 heteroatoms. The van der Waals surface area contributed by atoms with Gasteiger partial charge in [-0.2, -0.15) is 0 Å². The number of aromatic hydroxyl groups is 1. The van der Waals surface area contributed by atoms with Crippen LogP contribution in [0.2, 0.25) is 0 Å². The maximum absolute atomic E-state index is 12.5. The first kappa shape index (κ1) is 15.3. The van der Waals surface area contributed by atoms with Crippen LogP contribution in [0.5, 0.6) is 5.75 Å². The molecule has 3 N–H and O–H groups in total. The summed E-state index contributed by atoms with van der Waals surface area (Å²) < 4.78 is 5.27. The SMILES string of the molecule is CC(C)(C)OC(=O)C1(C(=O)O)NCCc2ccc(O)cc21. The summed E-state index contributed by atoms with van der Waals surface area (Å²) in [4.78, 5) is 24.3. The number of phenols is 1. The molecule has 1 aromatic rings. The molecule has 1 aliphatic rings. The lowest BCUT2D eigenvalue weighted by Gasteiger charge is -2.36. The summed E-state index contributed by atoms with van der Waals surface area (Å²) in [6, 6.07) is 4.42. The Bertz CT molecular complexity index is 590. The molecule has 0 spiro atoms. The van der Waals surface area contributed by atoms with Gasteiger partial charge in [0.25, 0.3) is 0 Å². The highest BCUT2D eigenvalue weighted by Crippen LogP contribution is 2.34. The third-order valence-corrected chi connectivity index (χ3v) is 3.31. The third-order valence-electron chi connectivity index (χ3n) is 3.31. The van der Waals surface area contributed by atoms with E-state index in [-0.39, 0.29) is 11.3 Å². The molecule has 1 atom stereocenters. The van der Waals surface area contributed by atoms with Gasteiger partial charge < -0.3 is 14.9 Å². The summed E-state index contributed by atoms with van der Waals surface area (Å²) in [7, 11) is 0. The first-order chi connectivity index (χ1) is 9.67. The largest absolute Gasteiger partial charge is 0.508 e. The number of carboxylic acids is 1. The molecule has 1 aliphatic heterocycles. The van der Waals surface area contributed by atoms with Gasteiger partial charge in [-0.15, -0.1) is 0 Å². The zero-order valence-electron chi connectivity index (χ0n) is 12.3. The Morgan fingerprint density at radius 3 is 2.57 bits per heavy atom. The van der Waals surface area contributed by atoms with E-state index < -0.39 is 23.1 Å². The van der Waals surface area contributed by atoms with E-state index in [1.165, 1.54) is 12.1 Å². The molecule has 0 saturated heterocycles. The average molecular weight is 293 g/mol. The maximum Gasteiger partial charge on any atom is 0.343 e. The number of phenolic OH excluding ortho intramolecular Hbond substituents is 1. The summed E-state index contributed by atoms with van der Waals surface area (Å²) in [5.74, 6) is -2.32. The predicted molar refractivity (Wildman–Crippen MR) is 75.0 cm³/mol. The lowest BCUT2D eigenvalue weighted by Crippen LogP contribution is -2.60. The number of hydrogen-bond acceptors (Lipinski definition) is 5. The molecule has 1 heterocycles. The number of carboxylic acid groups (broad SMARTS) is 1. The van der Waals surface area contributed by atoms with Crippen molar-refractivity contribution in [2.45, 2.75) is 38.3 Å². The van der Waals surface area contributed by atoms with Crippen LogP contribution in [0.1, 0.15) is 31.9 Å². The quantitative estimate of drug-likeness (QED) is 0.559. The van der Waals surface area contributed by atoms with Crippen LogP contribution in [0.3, 0.4) is 0 Å². The van der Waals surface area contributed by atoms with Crippen LogP contribution in [-0.2, 0) is 26.3 Å². The number of carbonyl (C=O) groups is 2. The molecular formula is C15H19NO5. The number of rotatable bonds is 2. The Balaban J connectivity index is 2.58. The van der Waals surface area contributed by atoms with Crippen LogP contribution in [0.25, 0.3) is 0 Å². The first-order valence-electron chi connectivity index (χ1n) is 6.71. The number of aliphatic carboxylic acids is 1. The van der Waals surface area contributed by atoms with Crippen molar-refractivity contribution in [1.82, 2.24) is 5.32 Å². The Hall–Kier alpha value is -2.08. The minimum Gasteiger partial charge on any atom is -0.508 e. The zero-order valence-corrected chi connectivity index (χ0v) is 12.3. The van der Waals surface area contributed by atoms with Gasteiger partial charge in [0.2, 0.25) is 5.54 Å². The summed E-state index contributed by atoms with van der Waals surface area (Å²) in [6.07, 6.45) is 0.577. The number of hydrogen-bond donors (Lipinski definition) is 3. The monoisotopic (exact) mass is 293 g/mol. The van der Waals surface area contributed by atoms with Gasteiger partial charge in [0, 0.05) is 12.1 Å². The molecule has 2 rings (SSSR count). The van der Waals surface area contributed by atoms with Crippen molar-refractivity contribution in [2.24, 2.45) is 0 Å². The number of esters is 1. The Kier molecular flexibility index (Phi) is 3.67. The van der Waals surface area contributed by atoms with Gasteiger partial charge in [-0.05, 0) is 44.9 Å². The minimum absolute atomic E-state index is 0.0911. The van der Waals surface area contributed by atoms with E-state index in [2.05, 4.69) is 5.32 Å². The van der Waals surface area contributed by atoms with Crippen molar-refractivity contribution in [1.29, 1.82) is 0 Å². The van der Waals surface area contributed by atoms with Crippen LogP contribution in [0.15, 0.2) is 18.2 Å². The predicted octanol–water partition coefficient (Wildman–Crippen LogP) is 1.16. The molecule has 1 unspecified atom stereocenters. The summed E-state index contributed by atoms with van der Waals surface area (Å²) >= 11 is 0. The van der Waals surface area contributed by atoms with Gasteiger partial charge in [-0.1, -0.05) is 6.07 Å². The Morgan fingerprint density at radius 1 is 1.33 bits per heavy atom. The topological polar surface area (TPSA) is 95.9 Å². The second-order valence-corrected chi connectivity index (χ2v) is 6.08. The molecule has 1 aromatic carbocycles. The molecule has 0 aliphatic carbocycles. The number of benzene rings is 1. The van der Waals surface area contributed by atoms with Crippen molar-refractivity contribution < 1.29 is 24.5 Å². The lowest BCUT2D eigenvalue weighted by molar-refractivity contribution is -0.172. The molecule has 0 bridgehead atoms. The summed E-state index contributed by atoms with van der Waals surface area (Å²) in [5, 5.41) is 22.0. The fraction of sp³-hybridized carbons (Fsp3) is 0.467. The van der Waals surface area contributed by atoms with Crippen molar-refractivity contribution in [2.75, 3.05) is 6.54 Å². The number of fused-ring (bicyclic) bond motifs is 1. The molecule has 6 nitrogen and oxygen atoms in total. The van der Waals surface area contributed by atoms with Gasteiger partial charge in [-0.3, -0.25) is 5.32 Å². The highest BCUT2D eigenvalue weighted by molar-refractivity contribution is 6.05. The molecule has 0 saturated carbocycles. The maximum atomic E-state index is 12.5. The molecule has 21 heavy (non-hydrogen) atoms. The number of nitrogens with one attached hydrogen (secondary N) is 1. The second-order valence-electron chi connectivity index (χ2n) is 6.08. The van der Waals surface area contributed by atoms with E-state index >= 15 is 0 Å². The van der Waals surface area contributed by atoms with Crippen LogP contribution in [-0.4, -0.2) is 34.3 Å². The van der Waals surface area contributed by atoms with Gasteiger partial charge >= 0.3 is 11.9 Å². The molecule has 0 aromatic heterocycles. The summed E-state index contributed by atoms with van der Waals surface area (Å²) in [6.45, 7) is 5.36. The van der Waals surface area contributed by atoms with Crippen LogP contribution < -0.4 is 5.32 Å². The van der Waals surface area contributed by atoms with E-state index in [1.54, 1.807) is 26.8 Å². The Morgan fingerprint density at radius 2 is 2.00 bits per heavy atom. The standard InChI is InChI=1S/C15H19NO5/c1-14(2,3)21-13(20)15(12(18)19)11-8-10(17)5-4-9(11)6-7-16-15/h4-5,8,16-17H,6-7H2,1-3H3,(H,18,19). The van der Waals surface area contributed by atoms with Crippen LogP contribution >= 0.6 is 0 Å². The van der Waals surface area contributed by atoms with Crippen LogP contribution in [0, 0.1) is 0 Å². The molecular weight excluding hydrogens is 274 g/mol. The normalized spacial score (nSPS) is 21.5. The van der Waals surface area contributed by atoms with E-state index in [0.717, 1.165) is 0 Å². The minimum atomic E-state index is -1.99. The van der Waals surface area contributed by atoms with E-state index in [9.17, 15) is 19.8 Å². The average Bonchev–Trinajstić information content (AvgIpc) is 2.35. The van der Waals surface area contributed by atoms with Crippen molar-refractivity contribution in [3.8, 4) is 5.75 Å². The van der Waals surface area contributed by atoms with Crippen molar-refractivity contribution >= 4 is 11.9 Å². The van der Waals surface area contributed by atoms with E-state index in [1.807, 2.05) is 0 Å². The third kappa shape index (κ3) is 2.71. The van der Waals surface area contributed by atoms with Crippen molar-refractivity contribution in [3.05, 3.63) is 29.3 Å². The highest BCUT2D eigenvalue weighted by Gasteiger charge is 2.53. The molecule has 0 radical (unpaired) electrons. The van der Waals surface area contributed by atoms with Gasteiger partial charge in [0.15, 0.2) is 0 Å². The number of ether oxygens (including phenoxy) is 1. The second kappa shape index (κ2) is 5.04. The van der Waals surface area contributed by atoms with Crippen LogP contribution in [0.4, 0.5) is 0 Å². The van der Waals surface area contributed by atoms with Gasteiger partial charge in [0.1, 0.15) is 11.4 Å². The highest BCUT2D eigenvalue weighted by atomic mass is 16.6. The van der Waals surface area contributed by atoms with E-state index in [0.29, 0.717) is 18.5 Å². The smallest absolute Gasteiger partial charge is 0.343 e. The lowest BCUT2D eigenvalue weighted by atomic mass is 9.82. The zero-order chi connectivity index (χ0) is 15.8. The number of carbonyl (C=O) groups excluding carboxylic acids is 1. The fourth-order valence-corrected chi connectivity index (χ4v) is 2.43. The molecule has 0 fully saturated rings. The van der Waals surface area contributed by atoms with E-state index in [4.69, 9.17) is 4.74 Å². The van der Waals surface area contributed by atoms with Gasteiger partial charge in [0.05, 0.1) is 0 Å². The summed E-state index contributed by atoms with van der Waals surface area (Å²) in [5.41, 5.74) is -1.86. The fourth-order valence-electron chi connectivity index (χ4n) is 2.43. The Labute approximate surface area is 122 Å². The first-order valence-corrected chi connectivity index (χ1v) is 6.71. The molecule has 0 amide bonds. The van der Waals surface area contributed by atoms with Crippen molar-refractivity contribution in [3.63, 3.8) is 0 Å². The van der Waals surface area contributed by atoms with Gasteiger partial charge in [-0.25, -0.2) is 9.59 Å².